The predicted molar refractivity (Wildman–Crippen MR) is 122 cm³/mol. The molecule has 0 unspecified atom stereocenters. The summed E-state index contributed by atoms with van der Waals surface area (Å²) in [6.07, 6.45) is 2.05. The molecule has 1 amide bonds. The SMILES string of the molecule is O=C(CSc1nc2ccccc2o1)NC[C@H](c1cccs1)c1c[nH]c2ccccc12. The molecule has 1 atom stereocenters. The van der Waals surface area contributed by atoms with Crippen molar-refractivity contribution in [3.8, 4) is 0 Å². The number of benzene rings is 2. The molecular weight excluding hydrogens is 414 g/mol. The summed E-state index contributed by atoms with van der Waals surface area (Å²) < 4.78 is 5.68. The molecule has 5 aromatic rings. The van der Waals surface area contributed by atoms with E-state index in [2.05, 4.69) is 38.9 Å². The van der Waals surface area contributed by atoms with Crippen LogP contribution in [0.2, 0.25) is 0 Å². The lowest BCUT2D eigenvalue weighted by Crippen LogP contribution is -2.30. The lowest BCUT2D eigenvalue weighted by atomic mass is 9.96. The number of carbonyl (C=O) groups is 1. The summed E-state index contributed by atoms with van der Waals surface area (Å²) in [7, 11) is 0. The van der Waals surface area contributed by atoms with Crippen molar-refractivity contribution in [1.82, 2.24) is 15.3 Å². The van der Waals surface area contributed by atoms with E-state index in [0.717, 1.165) is 16.6 Å². The number of rotatable bonds is 7. The fraction of sp³-hybridized carbons (Fsp3) is 0.130. The molecule has 2 aromatic carbocycles. The zero-order valence-corrected chi connectivity index (χ0v) is 17.6. The predicted octanol–water partition coefficient (Wildman–Crippen LogP) is 5.41. The Labute approximate surface area is 181 Å². The number of hydrogen-bond acceptors (Lipinski definition) is 5. The van der Waals surface area contributed by atoms with Crippen molar-refractivity contribution >= 4 is 51.0 Å². The van der Waals surface area contributed by atoms with E-state index < -0.39 is 0 Å². The van der Waals surface area contributed by atoms with Crippen molar-refractivity contribution in [2.45, 2.75) is 11.1 Å². The zero-order valence-electron chi connectivity index (χ0n) is 16.0. The maximum atomic E-state index is 12.5. The van der Waals surface area contributed by atoms with Crippen molar-refractivity contribution in [3.63, 3.8) is 0 Å². The molecule has 150 valence electrons. The van der Waals surface area contributed by atoms with E-state index in [-0.39, 0.29) is 17.6 Å². The van der Waals surface area contributed by atoms with Gasteiger partial charge in [0, 0.05) is 34.4 Å². The monoisotopic (exact) mass is 433 g/mol. The van der Waals surface area contributed by atoms with Gasteiger partial charge in [-0.15, -0.1) is 11.3 Å². The molecule has 5 rings (SSSR count). The van der Waals surface area contributed by atoms with Gasteiger partial charge in [0.25, 0.3) is 5.22 Å². The van der Waals surface area contributed by atoms with Gasteiger partial charge in [0.2, 0.25) is 5.91 Å². The number of aromatic nitrogens is 2. The summed E-state index contributed by atoms with van der Waals surface area (Å²) in [5.41, 5.74) is 3.84. The minimum Gasteiger partial charge on any atom is -0.431 e. The number of fused-ring (bicyclic) bond motifs is 2. The van der Waals surface area contributed by atoms with Crippen LogP contribution >= 0.6 is 23.1 Å². The Morgan fingerprint density at radius 1 is 1.13 bits per heavy atom. The minimum atomic E-state index is -0.0383. The van der Waals surface area contributed by atoms with Gasteiger partial charge in [-0.2, -0.15) is 0 Å². The maximum absolute atomic E-state index is 12.5. The van der Waals surface area contributed by atoms with E-state index in [0.29, 0.717) is 11.8 Å². The molecule has 0 aliphatic heterocycles. The average molecular weight is 434 g/mol. The highest BCUT2D eigenvalue weighted by atomic mass is 32.2. The van der Waals surface area contributed by atoms with E-state index in [1.54, 1.807) is 11.3 Å². The first-order valence-corrected chi connectivity index (χ1v) is 11.5. The first-order chi connectivity index (χ1) is 14.8. The third kappa shape index (κ3) is 3.86. The highest BCUT2D eigenvalue weighted by Crippen LogP contribution is 2.33. The van der Waals surface area contributed by atoms with Crippen LogP contribution < -0.4 is 5.32 Å². The largest absolute Gasteiger partial charge is 0.431 e. The lowest BCUT2D eigenvalue weighted by molar-refractivity contribution is -0.118. The Morgan fingerprint density at radius 2 is 2.00 bits per heavy atom. The van der Waals surface area contributed by atoms with Crippen molar-refractivity contribution in [2.24, 2.45) is 0 Å². The second kappa shape index (κ2) is 8.38. The van der Waals surface area contributed by atoms with E-state index in [9.17, 15) is 4.79 Å². The molecule has 7 heteroatoms. The third-order valence-corrected chi connectivity index (χ3v) is 6.80. The fourth-order valence-electron chi connectivity index (χ4n) is 3.54. The number of thioether (sulfide) groups is 1. The second-order valence-corrected chi connectivity index (χ2v) is 8.80. The molecule has 0 saturated heterocycles. The highest BCUT2D eigenvalue weighted by Gasteiger charge is 2.20. The van der Waals surface area contributed by atoms with Gasteiger partial charge in [-0.3, -0.25) is 4.79 Å². The van der Waals surface area contributed by atoms with Gasteiger partial charge in [0.05, 0.1) is 5.75 Å². The van der Waals surface area contributed by atoms with Crippen molar-refractivity contribution in [1.29, 1.82) is 0 Å². The number of aromatic amines is 1. The van der Waals surface area contributed by atoms with Crippen LogP contribution in [-0.2, 0) is 4.79 Å². The van der Waals surface area contributed by atoms with Gasteiger partial charge in [-0.05, 0) is 35.2 Å². The van der Waals surface area contributed by atoms with Crippen LogP contribution in [0.3, 0.4) is 0 Å². The smallest absolute Gasteiger partial charge is 0.257 e. The lowest BCUT2D eigenvalue weighted by Gasteiger charge is -2.16. The van der Waals surface area contributed by atoms with Gasteiger partial charge in [-0.1, -0.05) is 48.2 Å². The van der Waals surface area contributed by atoms with E-state index >= 15 is 0 Å². The van der Waals surface area contributed by atoms with Gasteiger partial charge in [-0.25, -0.2) is 4.98 Å². The summed E-state index contributed by atoms with van der Waals surface area (Å²) in [5, 5.41) is 6.86. The van der Waals surface area contributed by atoms with Crippen LogP contribution in [0.4, 0.5) is 0 Å². The summed E-state index contributed by atoms with van der Waals surface area (Å²) in [6, 6.07) is 20.0. The topological polar surface area (TPSA) is 70.9 Å². The van der Waals surface area contributed by atoms with Crippen molar-refractivity contribution < 1.29 is 9.21 Å². The third-order valence-electron chi connectivity index (χ3n) is 4.99. The Kier molecular flexibility index (Phi) is 5.29. The van der Waals surface area contributed by atoms with Crippen LogP contribution in [0.25, 0.3) is 22.0 Å². The first-order valence-electron chi connectivity index (χ1n) is 9.62. The first kappa shape index (κ1) is 19.0. The average Bonchev–Trinajstić information content (AvgIpc) is 3.52. The number of nitrogens with one attached hydrogen (secondary N) is 2. The van der Waals surface area contributed by atoms with E-state index in [4.69, 9.17) is 4.42 Å². The Morgan fingerprint density at radius 3 is 2.87 bits per heavy atom. The van der Waals surface area contributed by atoms with Gasteiger partial charge in [0.15, 0.2) is 5.58 Å². The molecule has 0 spiro atoms. The summed E-state index contributed by atoms with van der Waals surface area (Å²) in [4.78, 5) is 21.5. The van der Waals surface area contributed by atoms with Crippen molar-refractivity contribution in [2.75, 3.05) is 12.3 Å². The number of thiophene rings is 1. The molecule has 0 radical (unpaired) electrons. The van der Waals surface area contributed by atoms with Crippen LogP contribution in [0.5, 0.6) is 0 Å². The Balaban J connectivity index is 1.28. The molecule has 5 nitrogen and oxygen atoms in total. The van der Waals surface area contributed by atoms with E-state index in [1.807, 2.05) is 48.7 Å². The van der Waals surface area contributed by atoms with E-state index in [1.165, 1.54) is 27.6 Å². The van der Waals surface area contributed by atoms with Gasteiger partial charge in [0.1, 0.15) is 5.52 Å². The Bertz CT molecular complexity index is 1260. The molecule has 2 N–H and O–H groups in total. The number of amides is 1. The highest BCUT2D eigenvalue weighted by molar-refractivity contribution is 7.99. The summed E-state index contributed by atoms with van der Waals surface area (Å²) >= 11 is 3.02. The summed E-state index contributed by atoms with van der Waals surface area (Å²) in [6.45, 7) is 0.537. The number of hydrogen-bond donors (Lipinski definition) is 2. The number of nitrogens with zero attached hydrogens (tertiary/aromatic N) is 1. The second-order valence-electron chi connectivity index (χ2n) is 6.90. The molecule has 0 saturated carbocycles. The van der Waals surface area contributed by atoms with Crippen LogP contribution in [-0.4, -0.2) is 28.2 Å². The molecule has 30 heavy (non-hydrogen) atoms. The number of carbonyl (C=O) groups excluding carboxylic acids is 1. The molecular formula is C23H19N3O2S2. The molecule has 3 aromatic heterocycles. The number of para-hydroxylation sites is 3. The number of H-pyrrole nitrogens is 1. The quantitative estimate of drug-likeness (QED) is 0.337. The van der Waals surface area contributed by atoms with Gasteiger partial charge >= 0.3 is 0 Å². The Hall–Kier alpha value is -3.03. The van der Waals surface area contributed by atoms with Crippen LogP contribution in [0, 0.1) is 0 Å². The number of oxazole rings is 1. The van der Waals surface area contributed by atoms with Crippen LogP contribution in [0.1, 0.15) is 16.4 Å². The van der Waals surface area contributed by atoms with Crippen LogP contribution in [0.15, 0.2) is 81.9 Å². The summed E-state index contributed by atoms with van der Waals surface area (Å²) in [5.74, 6) is 0.320. The molecule has 3 heterocycles. The molecule has 0 bridgehead atoms. The van der Waals surface area contributed by atoms with Crippen molar-refractivity contribution in [3.05, 3.63) is 82.7 Å². The molecule has 0 aliphatic rings. The normalized spacial score (nSPS) is 12.4. The standard InChI is InChI=1S/C23H19N3O2S2/c27-22(14-30-23-26-19-8-3-4-9-20(19)28-23)25-13-17(21-10-5-11-29-21)16-12-24-18-7-2-1-6-15(16)18/h1-12,17,24H,13-14H2,(H,25,27)/t17-/m0/s1. The molecule has 0 aliphatic carbocycles. The molecule has 0 fully saturated rings. The minimum absolute atomic E-state index is 0.0383. The maximum Gasteiger partial charge on any atom is 0.257 e. The fourth-order valence-corrected chi connectivity index (χ4v) is 5.06. The van der Waals surface area contributed by atoms with Gasteiger partial charge < -0.3 is 14.7 Å². The zero-order chi connectivity index (χ0) is 20.3.